The van der Waals surface area contributed by atoms with E-state index in [0.29, 0.717) is 0 Å². The average molecular weight is 224 g/mol. The van der Waals surface area contributed by atoms with Gasteiger partial charge in [0.25, 0.3) is 0 Å². The van der Waals surface area contributed by atoms with Crippen molar-refractivity contribution in [3.63, 3.8) is 0 Å². The number of hydrogen-bond acceptors (Lipinski definition) is 4. The van der Waals surface area contributed by atoms with E-state index in [9.17, 15) is 9.59 Å². The Labute approximate surface area is 83.8 Å². The van der Waals surface area contributed by atoms with Gasteiger partial charge in [0, 0.05) is 0 Å². The number of amides is 4. The van der Waals surface area contributed by atoms with Gasteiger partial charge in [0.05, 0.1) is 0 Å². The van der Waals surface area contributed by atoms with Crippen LogP contribution >= 0.6 is 0 Å². The van der Waals surface area contributed by atoms with Crippen LogP contribution in [-0.4, -0.2) is 34.2 Å². The van der Waals surface area contributed by atoms with Crippen LogP contribution in [0.5, 0.6) is 0 Å². The molecule has 88 valence electrons. The van der Waals surface area contributed by atoms with E-state index >= 15 is 0 Å². The molecule has 0 saturated carbocycles. The van der Waals surface area contributed by atoms with Crippen molar-refractivity contribution in [2.45, 2.75) is 6.42 Å². The summed E-state index contributed by atoms with van der Waals surface area (Å²) in [4.78, 5) is 36.9. The first-order chi connectivity index (χ1) is 6.59. The van der Waals surface area contributed by atoms with E-state index in [-0.39, 0.29) is 0 Å². The number of carboxylic acid groups (broad SMARTS) is 2. The smallest absolute Gasteiger partial charge is 0.314 e. The molecule has 0 bridgehead atoms. The molecule has 0 aliphatic rings. The van der Waals surface area contributed by atoms with Crippen LogP contribution in [0.3, 0.4) is 0 Å². The molecule has 10 nitrogen and oxygen atoms in total. The molecule has 0 unspecified atom stereocenters. The average Bonchev–Trinajstić information content (AvgIpc) is 1.78. The molecule has 0 aromatic heterocycles. The van der Waals surface area contributed by atoms with Crippen molar-refractivity contribution < 1.29 is 29.4 Å². The minimum atomic E-state index is -1.31. The fraction of sp³-hybridized carbons (Fsp3) is 0.200. The number of carbonyl (C=O) groups is 4. The summed E-state index contributed by atoms with van der Waals surface area (Å²) in [5, 5.41) is 15.4. The van der Waals surface area contributed by atoms with Gasteiger partial charge in [0.1, 0.15) is 6.42 Å². The van der Waals surface area contributed by atoms with Gasteiger partial charge in [-0.05, 0) is 0 Å². The van der Waals surface area contributed by atoms with E-state index in [0.717, 1.165) is 0 Å². The standard InChI is InChI=1S/C3H4O4.2CH4N2O/c4-2(5)1-3(6)7;2*2-1(3)4/h1H2,(H,4,5)(H,6,7);2*(H4,2,3,4). The second-order valence-corrected chi connectivity index (χ2v) is 1.77. The van der Waals surface area contributed by atoms with E-state index in [1.807, 2.05) is 0 Å². The Hall–Kier alpha value is -2.52. The molecule has 0 aromatic rings. The molecule has 0 rings (SSSR count). The first kappa shape index (κ1) is 18.3. The Balaban J connectivity index is -0.000000155. The maximum Gasteiger partial charge on any atom is 0.314 e. The SMILES string of the molecule is NC(N)=O.NC(N)=O.O=C(O)CC(=O)O. The molecule has 0 atom stereocenters. The Bertz CT molecular complexity index is 208. The van der Waals surface area contributed by atoms with E-state index in [1.165, 1.54) is 0 Å². The summed E-state index contributed by atoms with van der Waals surface area (Å²) in [5.74, 6) is -2.62. The molecule has 0 aliphatic carbocycles. The van der Waals surface area contributed by atoms with Gasteiger partial charge >= 0.3 is 24.0 Å². The van der Waals surface area contributed by atoms with Crippen molar-refractivity contribution in [2.24, 2.45) is 22.9 Å². The molecule has 0 spiro atoms. The minimum Gasteiger partial charge on any atom is -0.481 e. The zero-order chi connectivity index (χ0) is 13.0. The first-order valence-corrected chi connectivity index (χ1v) is 3.13. The van der Waals surface area contributed by atoms with Crippen LogP contribution in [0.4, 0.5) is 9.59 Å². The number of primary amides is 4. The summed E-state index contributed by atoms with van der Waals surface area (Å²) in [6, 6.07) is -1.67. The molecule has 10 heteroatoms. The van der Waals surface area contributed by atoms with Crippen molar-refractivity contribution in [1.29, 1.82) is 0 Å². The molecular weight excluding hydrogens is 212 g/mol. The summed E-state index contributed by atoms with van der Waals surface area (Å²) in [6.07, 6.45) is -0.806. The molecule has 4 amide bonds. The highest BCUT2D eigenvalue weighted by molar-refractivity contribution is 5.88. The van der Waals surface area contributed by atoms with Crippen molar-refractivity contribution in [1.82, 2.24) is 0 Å². The predicted molar refractivity (Wildman–Crippen MR) is 47.4 cm³/mol. The van der Waals surface area contributed by atoms with Gasteiger partial charge in [-0.25, -0.2) is 9.59 Å². The number of hydrogen-bond donors (Lipinski definition) is 6. The second-order valence-electron chi connectivity index (χ2n) is 1.77. The number of urea groups is 2. The highest BCUT2D eigenvalue weighted by atomic mass is 16.4. The zero-order valence-corrected chi connectivity index (χ0v) is 7.54. The lowest BCUT2D eigenvalue weighted by Gasteiger charge is -1.80. The van der Waals surface area contributed by atoms with Gasteiger partial charge in [-0.15, -0.1) is 0 Å². The van der Waals surface area contributed by atoms with Gasteiger partial charge in [0.2, 0.25) is 0 Å². The van der Waals surface area contributed by atoms with E-state index < -0.39 is 30.4 Å². The number of carbonyl (C=O) groups excluding carboxylic acids is 2. The topological polar surface area (TPSA) is 213 Å². The third kappa shape index (κ3) is 471. The zero-order valence-electron chi connectivity index (χ0n) is 7.54. The molecule has 10 N–H and O–H groups in total. The molecule has 15 heavy (non-hydrogen) atoms. The third-order valence-electron chi connectivity index (χ3n) is 0.302. The van der Waals surface area contributed by atoms with E-state index in [4.69, 9.17) is 19.8 Å². The predicted octanol–water partition coefficient (Wildman–Crippen LogP) is -2.41. The lowest BCUT2D eigenvalue weighted by atomic mass is 10.5. The number of nitrogens with two attached hydrogens (primary N) is 4. The number of aliphatic carboxylic acids is 2. The fourth-order valence-corrected chi connectivity index (χ4v) is 0.129. The van der Waals surface area contributed by atoms with Crippen LogP contribution in [0.15, 0.2) is 0 Å². The molecule has 0 fully saturated rings. The van der Waals surface area contributed by atoms with Crippen LogP contribution in [-0.2, 0) is 9.59 Å². The van der Waals surface area contributed by atoms with Crippen LogP contribution in [0, 0.1) is 0 Å². The normalized spacial score (nSPS) is 6.93. The van der Waals surface area contributed by atoms with Gasteiger partial charge < -0.3 is 33.1 Å². The summed E-state index contributed by atoms with van der Waals surface area (Å²) in [6.45, 7) is 0. The van der Waals surface area contributed by atoms with Crippen LogP contribution in [0.2, 0.25) is 0 Å². The lowest BCUT2D eigenvalue weighted by Crippen LogP contribution is -2.18. The Kier molecular flexibility index (Phi) is 14.0. The largest absolute Gasteiger partial charge is 0.481 e. The Morgan fingerprint density at radius 1 is 0.733 bits per heavy atom. The fourth-order valence-electron chi connectivity index (χ4n) is 0.129. The molecule has 0 radical (unpaired) electrons. The van der Waals surface area contributed by atoms with E-state index in [1.54, 1.807) is 0 Å². The molecule has 0 heterocycles. The summed E-state index contributed by atoms with van der Waals surface area (Å²) >= 11 is 0. The van der Waals surface area contributed by atoms with Crippen molar-refractivity contribution in [3.8, 4) is 0 Å². The maximum absolute atomic E-state index is 9.43. The maximum atomic E-state index is 9.43. The van der Waals surface area contributed by atoms with Gasteiger partial charge in [-0.2, -0.15) is 0 Å². The quantitative estimate of drug-likeness (QED) is 0.280. The minimum absolute atomic E-state index is 0.806. The molecule has 0 saturated heterocycles. The molecule has 0 aliphatic heterocycles. The monoisotopic (exact) mass is 224 g/mol. The summed E-state index contributed by atoms with van der Waals surface area (Å²) in [7, 11) is 0. The molecule has 0 aromatic carbocycles. The number of carboxylic acids is 2. The second kappa shape index (κ2) is 11.5. The van der Waals surface area contributed by atoms with E-state index in [2.05, 4.69) is 22.9 Å². The first-order valence-electron chi connectivity index (χ1n) is 3.13. The van der Waals surface area contributed by atoms with Crippen LogP contribution in [0.25, 0.3) is 0 Å². The van der Waals surface area contributed by atoms with Gasteiger partial charge in [-0.3, -0.25) is 9.59 Å². The van der Waals surface area contributed by atoms with Crippen LogP contribution in [0.1, 0.15) is 6.42 Å². The highest BCUT2D eigenvalue weighted by Crippen LogP contribution is 1.74. The lowest BCUT2D eigenvalue weighted by molar-refractivity contribution is -0.147. The third-order valence-corrected chi connectivity index (χ3v) is 0.302. The Morgan fingerprint density at radius 3 is 0.867 bits per heavy atom. The van der Waals surface area contributed by atoms with Crippen molar-refractivity contribution in [2.75, 3.05) is 0 Å². The number of rotatable bonds is 2. The summed E-state index contributed by atoms with van der Waals surface area (Å²) in [5.41, 5.74) is 17.0. The van der Waals surface area contributed by atoms with Crippen molar-refractivity contribution in [3.05, 3.63) is 0 Å². The van der Waals surface area contributed by atoms with Gasteiger partial charge in [-0.1, -0.05) is 0 Å². The summed E-state index contributed by atoms with van der Waals surface area (Å²) < 4.78 is 0. The van der Waals surface area contributed by atoms with Crippen molar-refractivity contribution >= 4 is 24.0 Å². The Morgan fingerprint density at radius 2 is 0.867 bits per heavy atom. The highest BCUT2D eigenvalue weighted by Gasteiger charge is 2.01. The van der Waals surface area contributed by atoms with Crippen LogP contribution < -0.4 is 22.9 Å². The molecular formula is C5H12N4O6. The van der Waals surface area contributed by atoms with Gasteiger partial charge in [0.15, 0.2) is 0 Å².